The summed E-state index contributed by atoms with van der Waals surface area (Å²) in [6.07, 6.45) is -0.257. The van der Waals surface area contributed by atoms with Crippen LogP contribution < -0.4 is 26.2 Å². The van der Waals surface area contributed by atoms with Crippen LogP contribution in [0.1, 0.15) is 6.92 Å². The average Bonchev–Trinajstić information content (AvgIpc) is 2.84. The Morgan fingerprint density at radius 3 is 2.18 bits per heavy atom. The number of likely N-dealkylation sites (N-methyl/N-ethyl adjacent to an activating group) is 1. The largest absolute Gasteiger partial charge is 0.506 e. The molecular weight excluding hydrogens is 442 g/mol. The number of anilines is 5. The van der Waals surface area contributed by atoms with E-state index >= 15 is 0 Å². The molecule has 2 aromatic carbocycles. The quantitative estimate of drug-likeness (QED) is 0.201. The minimum absolute atomic E-state index is 0.0834. The fourth-order valence-electron chi connectivity index (χ4n) is 2.98. The normalized spacial score (nSPS) is 9.97. The first kappa shape index (κ1) is 25.8. The zero-order valence-corrected chi connectivity index (χ0v) is 19.3. The number of nitrogens with one attached hydrogen (secondary N) is 4. The molecule has 34 heavy (non-hydrogen) atoms. The topological polar surface area (TPSA) is 141 Å². The molecule has 0 spiro atoms. The van der Waals surface area contributed by atoms with Gasteiger partial charge < -0.3 is 30.1 Å². The Bertz CT molecular complexity index is 1030. The summed E-state index contributed by atoms with van der Waals surface area (Å²) in [5.74, 6) is -0.498. The third-order valence-electron chi connectivity index (χ3n) is 4.74. The van der Waals surface area contributed by atoms with Gasteiger partial charge in [0.05, 0.1) is 31.3 Å². The van der Waals surface area contributed by atoms with Gasteiger partial charge in [-0.05, 0) is 43.3 Å². The van der Waals surface area contributed by atoms with Gasteiger partial charge in [0.1, 0.15) is 5.75 Å². The fraction of sp³-hybridized carbons (Fsp3) is 0.261. The standard InChI is InChI=1S/C23H29N5O6/c1-5-21(30)24-11-12-28(6-2)16-9-7-15(8-10-16)25-17-13-19(27-23(32)34-4)20(29)14-18(17)26-22(31)33-3/h5,7-10,13-14,25,29H,1,6,11-12H2,2-4H3,(H,24,30)(H,26,31)(H,27,32). The van der Waals surface area contributed by atoms with Crippen LogP contribution in [0.3, 0.4) is 0 Å². The first-order valence-electron chi connectivity index (χ1n) is 10.4. The summed E-state index contributed by atoms with van der Waals surface area (Å²) in [6.45, 7) is 7.28. The number of methoxy groups -OCH3 is 2. The lowest BCUT2D eigenvalue weighted by Crippen LogP contribution is -2.34. The second-order valence-electron chi connectivity index (χ2n) is 6.89. The number of phenols is 1. The maximum absolute atomic E-state index is 11.7. The molecule has 11 nitrogen and oxygen atoms in total. The summed E-state index contributed by atoms with van der Waals surface area (Å²) in [5.41, 5.74) is 2.34. The molecule has 0 fully saturated rings. The van der Waals surface area contributed by atoms with Crippen LogP contribution in [0.25, 0.3) is 0 Å². The highest BCUT2D eigenvalue weighted by molar-refractivity contribution is 5.95. The molecule has 0 aliphatic heterocycles. The predicted molar refractivity (Wildman–Crippen MR) is 131 cm³/mol. The highest BCUT2D eigenvalue weighted by Crippen LogP contribution is 2.36. The van der Waals surface area contributed by atoms with Gasteiger partial charge in [-0.2, -0.15) is 0 Å². The van der Waals surface area contributed by atoms with E-state index in [2.05, 4.69) is 42.2 Å². The van der Waals surface area contributed by atoms with E-state index in [1.54, 1.807) is 0 Å². The van der Waals surface area contributed by atoms with Crippen molar-refractivity contribution in [2.24, 2.45) is 0 Å². The molecule has 0 aliphatic carbocycles. The molecule has 182 valence electrons. The van der Waals surface area contributed by atoms with E-state index in [0.717, 1.165) is 12.2 Å². The van der Waals surface area contributed by atoms with Gasteiger partial charge in [-0.15, -0.1) is 0 Å². The predicted octanol–water partition coefficient (Wildman–Crippen LogP) is 3.62. The Kier molecular flexibility index (Phi) is 9.56. The molecule has 0 atom stereocenters. The van der Waals surface area contributed by atoms with E-state index in [-0.39, 0.29) is 23.0 Å². The minimum atomic E-state index is -0.761. The Hall–Kier alpha value is -4.41. The van der Waals surface area contributed by atoms with Gasteiger partial charge in [0, 0.05) is 37.1 Å². The van der Waals surface area contributed by atoms with Crippen molar-refractivity contribution in [3.8, 4) is 5.75 Å². The monoisotopic (exact) mass is 471 g/mol. The van der Waals surface area contributed by atoms with Crippen molar-refractivity contribution in [1.82, 2.24) is 5.32 Å². The molecule has 11 heteroatoms. The van der Waals surface area contributed by atoms with Gasteiger partial charge in [0.15, 0.2) is 0 Å². The summed E-state index contributed by atoms with van der Waals surface area (Å²) < 4.78 is 9.20. The zero-order valence-electron chi connectivity index (χ0n) is 19.3. The second-order valence-corrected chi connectivity index (χ2v) is 6.89. The smallest absolute Gasteiger partial charge is 0.411 e. The first-order chi connectivity index (χ1) is 16.3. The molecule has 2 rings (SSSR count). The van der Waals surface area contributed by atoms with Crippen molar-refractivity contribution in [3.05, 3.63) is 49.1 Å². The second kappa shape index (κ2) is 12.6. The number of amides is 3. The summed E-state index contributed by atoms with van der Waals surface area (Å²) >= 11 is 0. The lowest BCUT2D eigenvalue weighted by molar-refractivity contribution is -0.116. The number of ether oxygens (including phenoxy) is 2. The molecule has 3 amide bonds. The Labute approximate surface area is 197 Å². The number of hydrogen-bond acceptors (Lipinski definition) is 8. The molecular formula is C23H29N5O6. The number of aromatic hydroxyl groups is 1. The van der Waals surface area contributed by atoms with Gasteiger partial charge in [-0.25, -0.2) is 9.59 Å². The number of phenolic OH excluding ortho intramolecular Hbond substituents is 1. The lowest BCUT2D eigenvalue weighted by Gasteiger charge is -2.23. The number of hydrogen-bond donors (Lipinski definition) is 5. The van der Waals surface area contributed by atoms with E-state index < -0.39 is 12.2 Å². The Morgan fingerprint density at radius 1 is 1.00 bits per heavy atom. The summed E-state index contributed by atoms with van der Waals surface area (Å²) in [6, 6.07) is 10.2. The molecule has 2 aromatic rings. The van der Waals surface area contributed by atoms with Crippen LogP contribution in [0.2, 0.25) is 0 Å². The zero-order chi connectivity index (χ0) is 25.1. The van der Waals surface area contributed by atoms with Crippen molar-refractivity contribution in [3.63, 3.8) is 0 Å². The van der Waals surface area contributed by atoms with Gasteiger partial charge in [0.2, 0.25) is 5.91 Å². The summed E-state index contributed by atoms with van der Waals surface area (Å²) in [5, 5.41) is 21.1. The SMILES string of the molecule is C=CC(=O)NCCN(CC)c1ccc(Nc2cc(NC(=O)OC)c(O)cc2NC(=O)OC)cc1. The van der Waals surface area contributed by atoms with Crippen LogP contribution in [0.5, 0.6) is 5.75 Å². The number of nitrogens with zero attached hydrogens (tertiary/aromatic N) is 1. The third-order valence-corrected chi connectivity index (χ3v) is 4.74. The Morgan fingerprint density at radius 2 is 1.62 bits per heavy atom. The molecule has 0 saturated carbocycles. The summed E-state index contributed by atoms with van der Waals surface area (Å²) in [7, 11) is 2.42. The number of rotatable bonds is 10. The van der Waals surface area contributed by atoms with Gasteiger partial charge >= 0.3 is 12.2 Å². The van der Waals surface area contributed by atoms with E-state index in [1.807, 2.05) is 31.2 Å². The van der Waals surface area contributed by atoms with E-state index in [9.17, 15) is 19.5 Å². The van der Waals surface area contributed by atoms with Gasteiger partial charge in [0.25, 0.3) is 0 Å². The third kappa shape index (κ3) is 7.33. The number of benzene rings is 2. The van der Waals surface area contributed by atoms with Crippen LogP contribution in [0, 0.1) is 0 Å². The maximum Gasteiger partial charge on any atom is 0.411 e. The van der Waals surface area contributed by atoms with E-state index in [0.29, 0.717) is 24.5 Å². The average molecular weight is 472 g/mol. The maximum atomic E-state index is 11.7. The van der Waals surface area contributed by atoms with E-state index in [1.165, 1.54) is 32.4 Å². The minimum Gasteiger partial charge on any atom is -0.506 e. The van der Waals surface area contributed by atoms with Crippen molar-refractivity contribution >= 4 is 46.5 Å². The van der Waals surface area contributed by atoms with Crippen LogP contribution >= 0.6 is 0 Å². The van der Waals surface area contributed by atoms with Crippen LogP contribution in [0.4, 0.5) is 38.0 Å². The van der Waals surface area contributed by atoms with E-state index in [4.69, 9.17) is 0 Å². The van der Waals surface area contributed by atoms with Crippen LogP contribution in [0.15, 0.2) is 49.1 Å². The molecule has 0 unspecified atom stereocenters. The molecule has 0 radical (unpaired) electrons. The molecule has 0 saturated heterocycles. The summed E-state index contributed by atoms with van der Waals surface area (Å²) in [4.78, 5) is 36.8. The first-order valence-corrected chi connectivity index (χ1v) is 10.4. The molecule has 0 aromatic heterocycles. The van der Waals surface area contributed by atoms with Crippen molar-refractivity contribution in [1.29, 1.82) is 0 Å². The number of carbonyl (C=O) groups excluding carboxylic acids is 3. The van der Waals surface area contributed by atoms with Crippen molar-refractivity contribution in [2.45, 2.75) is 6.92 Å². The van der Waals surface area contributed by atoms with Gasteiger partial charge in [-0.3, -0.25) is 15.4 Å². The molecule has 0 aliphatic rings. The lowest BCUT2D eigenvalue weighted by atomic mass is 10.2. The Balaban J connectivity index is 2.23. The highest BCUT2D eigenvalue weighted by atomic mass is 16.5. The molecule has 5 N–H and O–H groups in total. The molecule has 0 bridgehead atoms. The van der Waals surface area contributed by atoms with Crippen molar-refractivity contribution in [2.75, 3.05) is 54.7 Å². The highest BCUT2D eigenvalue weighted by Gasteiger charge is 2.15. The molecule has 0 heterocycles. The van der Waals surface area contributed by atoms with Gasteiger partial charge in [-0.1, -0.05) is 6.58 Å². The fourth-order valence-corrected chi connectivity index (χ4v) is 2.98. The van der Waals surface area contributed by atoms with Crippen LogP contribution in [-0.4, -0.2) is 57.1 Å². The van der Waals surface area contributed by atoms with Crippen LogP contribution in [-0.2, 0) is 14.3 Å². The number of carbonyl (C=O) groups is 3. The van der Waals surface area contributed by atoms with Crippen molar-refractivity contribution < 1.29 is 29.0 Å².